The standard InChI is InChI=1S/C16H15N5O4S2/c1-9-7-11(21-25-9)14(23)18-15-19-20-16(27-15)26-8-13(22)17-10-5-3-4-6-12(10)24-2/h3-7H,8H2,1-2H3,(H,17,22)(H,18,19,23). The molecule has 0 atom stereocenters. The van der Waals surface area contributed by atoms with E-state index in [1.807, 2.05) is 6.07 Å². The Bertz CT molecular complexity index is 956. The molecule has 1 aromatic carbocycles. The average Bonchev–Trinajstić information content (AvgIpc) is 3.29. The SMILES string of the molecule is COc1ccccc1NC(=O)CSc1nnc(NC(=O)c2cc(C)on2)s1. The Labute approximate surface area is 162 Å². The van der Waals surface area contributed by atoms with Crippen LogP contribution in [-0.2, 0) is 4.79 Å². The van der Waals surface area contributed by atoms with Crippen molar-refractivity contribution in [2.24, 2.45) is 0 Å². The van der Waals surface area contributed by atoms with Crippen molar-refractivity contribution >= 4 is 45.7 Å². The first-order chi connectivity index (χ1) is 13.0. The van der Waals surface area contributed by atoms with Crippen LogP contribution in [0.1, 0.15) is 16.2 Å². The number of hydrogen-bond donors (Lipinski definition) is 2. The normalized spacial score (nSPS) is 10.4. The van der Waals surface area contributed by atoms with E-state index in [0.717, 1.165) is 11.3 Å². The van der Waals surface area contributed by atoms with Crippen LogP contribution < -0.4 is 15.4 Å². The molecule has 0 bridgehead atoms. The smallest absolute Gasteiger partial charge is 0.279 e. The second kappa shape index (κ2) is 8.64. The summed E-state index contributed by atoms with van der Waals surface area (Å²) in [5.41, 5.74) is 0.756. The zero-order valence-electron chi connectivity index (χ0n) is 14.4. The second-order valence-corrected chi connectivity index (χ2v) is 7.39. The fraction of sp³-hybridized carbons (Fsp3) is 0.188. The molecule has 11 heteroatoms. The number of thioether (sulfide) groups is 1. The molecule has 0 radical (unpaired) electrons. The van der Waals surface area contributed by atoms with Gasteiger partial charge < -0.3 is 14.6 Å². The molecule has 0 saturated heterocycles. The van der Waals surface area contributed by atoms with Crippen molar-refractivity contribution in [3.63, 3.8) is 0 Å². The van der Waals surface area contributed by atoms with Crippen molar-refractivity contribution in [3.05, 3.63) is 41.8 Å². The van der Waals surface area contributed by atoms with E-state index in [2.05, 4.69) is 26.0 Å². The van der Waals surface area contributed by atoms with Gasteiger partial charge in [-0.25, -0.2) is 0 Å². The monoisotopic (exact) mass is 405 g/mol. The first-order valence-electron chi connectivity index (χ1n) is 7.69. The van der Waals surface area contributed by atoms with E-state index in [0.29, 0.717) is 26.7 Å². The van der Waals surface area contributed by atoms with Crippen molar-refractivity contribution < 1.29 is 18.8 Å². The average molecular weight is 405 g/mol. The third-order valence-corrected chi connectivity index (χ3v) is 5.17. The van der Waals surface area contributed by atoms with Gasteiger partial charge in [0, 0.05) is 6.07 Å². The molecule has 0 saturated carbocycles. The van der Waals surface area contributed by atoms with Gasteiger partial charge in [0.1, 0.15) is 11.5 Å². The Morgan fingerprint density at radius 3 is 2.81 bits per heavy atom. The van der Waals surface area contributed by atoms with Crippen LogP contribution in [0.3, 0.4) is 0 Å². The minimum Gasteiger partial charge on any atom is -0.495 e. The number of methoxy groups -OCH3 is 1. The van der Waals surface area contributed by atoms with Crippen molar-refractivity contribution in [2.45, 2.75) is 11.3 Å². The summed E-state index contributed by atoms with van der Waals surface area (Å²) in [4.78, 5) is 24.1. The third-order valence-electron chi connectivity index (χ3n) is 3.20. The largest absolute Gasteiger partial charge is 0.495 e. The number of anilines is 2. The minimum absolute atomic E-state index is 0.142. The van der Waals surface area contributed by atoms with Crippen LogP contribution in [0.5, 0.6) is 5.75 Å². The Balaban J connectivity index is 1.52. The number of nitrogens with one attached hydrogen (secondary N) is 2. The van der Waals surface area contributed by atoms with Crippen molar-refractivity contribution in [2.75, 3.05) is 23.5 Å². The fourth-order valence-electron chi connectivity index (χ4n) is 2.01. The number of carbonyl (C=O) groups excluding carboxylic acids is 2. The highest BCUT2D eigenvalue weighted by molar-refractivity contribution is 8.01. The number of amides is 2. The maximum absolute atomic E-state index is 12.1. The van der Waals surface area contributed by atoms with E-state index >= 15 is 0 Å². The Morgan fingerprint density at radius 2 is 2.07 bits per heavy atom. The molecule has 0 aliphatic carbocycles. The molecular formula is C16H15N5O4S2. The lowest BCUT2D eigenvalue weighted by molar-refractivity contribution is -0.113. The summed E-state index contributed by atoms with van der Waals surface area (Å²) in [6.07, 6.45) is 0. The second-order valence-electron chi connectivity index (χ2n) is 5.19. The molecule has 0 fully saturated rings. The number of ether oxygens (including phenoxy) is 1. The van der Waals surface area contributed by atoms with Crippen LogP contribution in [0, 0.1) is 6.92 Å². The first kappa shape index (κ1) is 18.9. The van der Waals surface area contributed by atoms with E-state index in [-0.39, 0.29) is 17.4 Å². The molecule has 9 nitrogen and oxygen atoms in total. The van der Waals surface area contributed by atoms with E-state index in [9.17, 15) is 9.59 Å². The fourth-order valence-corrected chi connectivity index (χ4v) is 3.56. The topological polar surface area (TPSA) is 119 Å². The van der Waals surface area contributed by atoms with Gasteiger partial charge in [0.15, 0.2) is 10.0 Å². The van der Waals surface area contributed by atoms with Crippen LogP contribution in [0.25, 0.3) is 0 Å². The van der Waals surface area contributed by atoms with Crippen molar-refractivity contribution in [1.82, 2.24) is 15.4 Å². The van der Waals surface area contributed by atoms with E-state index in [1.54, 1.807) is 25.1 Å². The number of carbonyl (C=O) groups is 2. The molecule has 0 unspecified atom stereocenters. The van der Waals surface area contributed by atoms with Crippen LogP contribution in [0.15, 0.2) is 39.2 Å². The lowest BCUT2D eigenvalue weighted by Gasteiger charge is -2.08. The van der Waals surface area contributed by atoms with Crippen LogP contribution in [0.4, 0.5) is 10.8 Å². The van der Waals surface area contributed by atoms with Gasteiger partial charge in [-0.2, -0.15) is 0 Å². The number of nitrogens with zero attached hydrogens (tertiary/aromatic N) is 3. The molecule has 140 valence electrons. The van der Waals surface area contributed by atoms with Crippen LogP contribution in [0.2, 0.25) is 0 Å². The van der Waals surface area contributed by atoms with Gasteiger partial charge in [0.25, 0.3) is 5.91 Å². The van der Waals surface area contributed by atoms with Gasteiger partial charge in [-0.05, 0) is 19.1 Å². The number of para-hydroxylation sites is 2. The van der Waals surface area contributed by atoms with Gasteiger partial charge in [0.2, 0.25) is 11.0 Å². The molecule has 2 heterocycles. The highest BCUT2D eigenvalue weighted by Crippen LogP contribution is 2.27. The van der Waals surface area contributed by atoms with Gasteiger partial charge in [-0.15, -0.1) is 10.2 Å². The summed E-state index contributed by atoms with van der Waals surface area (Å²) in [5.74, 6) is 0.620. The quantitative estimate of drug-likeness (QED) is 0.455. The Morgan fingerprint density at radius 1 is 1.26 bits per heavy atom. The summed E-state index contributed by atoms with van der Waals surface area (Å²) in [7, 11) is 1.54. The van der Waals surface area contributed by atoms with E-state index in [1.165, 1.54) is 24.9 Å². The molecule has 2 N–H and O–H groups in total. The summed E-state index contributed by atoms with van der Waals surface area (Å²) in [5, 5.41) is 17.1. The molecule has 27 heavy (non-hydrogen) atoms. The predicted octanol–water partition coefficient (Wildman–Crippen LogP) is 2.83. The molecule has 2 amide bonds. The zero-order valence-corrected chi connectivity index (χ0v) is 16.0. The zero-order chi connectivity index (χ0) is 19.2. The lowest BCUT2D eigenvalue weighted by atomic mass is 10.3. The number of benzene rings is 1. The Kier molecular flexibility index (Phi) is 6.04. The van der Waals surface area contributed by atoms with Gasteiger partial charge >= 0.3 is 0 Å². The number of rotatable bonds is 7. The highest BCUT2D eigenvalue weighted by Gasteiger charge is 2.15. The lowest BCUT2D eigenvalue weighted by Crippen LogP contribution is -2.14. The molecule has 0 spiro atoms. The maximum atomic E-state index is 12.1. The summed E-state index contributed by atoms with van der Waals surface area (Å²) in [6, 6.07) is 8.67. The number of aryl methyl sites for hydroxylation is 1. The highest BCUT2D eigenvalue weighted by atomic mass is 32.2. The molecule has 3 aromatic rings. The maximum Gasteiger partial charge on any atom is 0.279 e. The van der Waals surface area contributed by atoms with E-state index < -0.39 is 5.91 Å². The van der Waals surface area contributed by atoms with Crippen molar-refractivity contribution in [3.8, 4) is 5.75 Å². The third kappa shape index (κ3) is 5.05. The number of aromatic nitrogens is 3. The van der Waals surface area contributed by atoms with E-state index in [4.69, 9.17) is 9.26 Å². The van der Waals surface area contributed by atoms with Gasteiger partial charge in [-0.1, -0.05) is 40.4 Å². The van der Waals surface area contributed by atoms with Gasteiger partial charge in [0.05, 0.1) is 18.6 Å². The molecule has 2 aromatic heterocycles. The minimum atomic E-state index is -0.437. The van der Waals surface area contributed by atoms with Crippen molar-refractivity contribution in [1.29, 1.82) is 0 Å². The summed E-state index contributed by atoms with van der Waals surface area (Å²) < 4.78 is 10.6. The number of hydrogen-bond acceptors (Lipinski definition) is 9. The summed E-state index contributed by atoms with van der Waals surface area (Å²) >= 11 is 2.38. The summed E-state index contributed by atoms with van der Waals surface area (Å²) in [6.45, 7) is 1.69. The molecular weight excluding hydrogens is 390 g/mol. The van der Waals surface area contributed by atoms with Gasteiger partial charge in [-0.3, -0.25) is 14.9 Å². The first-order valence-corrected chi connectivity index (χ1v) is 9.49. The molecule has 3 rings (SSSR count). The van der Waals surface area contributed by atoms with Crippen LogP contribution in [-0.4, -0.2) is 40.0 Å². The Hall–Kier alpha value is -2.92. The molecule has 0 aliphatic heterocycles. The predicted molar refractivity (Wildman–Crippen MR) is 101 cm³/mol. The molecule has 0 aliphatic rings. The van der Waals surface area contributed by atoms with Crippen LogP contribution >= 0.6 is 23.1 Å².